The SMILES string of the molecule is CC(NC(=O)c1cn(C)nc1C(F)(F)F)C1CCCO1. The van der Waals surface area contributed by atoms with E-state index in [2.05, 4.69) is 10.4 Å². The topological polar surface area (TPSA) is 56.2 Å². The van der Waals surface area contributed by atoms with E-state index in [1.807, 2.05) is 0 Å². The molecule has 0 aliphatic carbocycles. The maximum Gasteiger partial charge on any atom is 0.435 e. The summed E-state index contributed by atoms with van der Waals surface area (Å²) in [6.07, 6.45) is -2.04. The van der Waals surface area contributed by atoms with E-state index in [-0.39, 0.29) is 12.1 Å². The quantitative estimate of drug-likeness (QED) is 0.923. The van der Waals surface area contributed by atoms with E-state index in [0.29, 0.717) is 6.61 Å². The lowest BCUT2D eigenvalue weighted by molar-refractivity contribution is -0.141. The fraction of sp³-hybridized carbons (Fsp3) is 0.667. The normalized spacial score (nSPS) is 20.9. The van der Waals surface area contributed by atoms with Crippen molar-refractivity contribution in [3.63, 3.8) is 0 Å². The standard InChI is InChI=1S/C12H16F3N3O2/c1-7(9-4-3-5-20-9)16-11(19)8-6-18(2)17-10(8)12(13,14)15/h6-7,9H,3-5H2,1-2H3,(H,16,19). The molecule has 2 unspecified atom stereocenters. The van der Waals surface area contributed by atoms with Crippen LogP contribution in [-0.4, -0.2) is 34.4 Å². The molecule has 2 atom stereocenters. The van der Waals surface area contributed by atoms with E-state index in [1.165, 1.54) is 7.05 Å². The number of aromatic nitrogens is 2. The van der Waals surface area contributed by atoms with E-state index in [9.17, 15) is 18.0 Å². The Kier molecular flexibility index (Phi) is 4.03. The average molecular weight is 291 g/mol. The van der Waals surface area contributed by atoms with Gasteiger partial charge in [-0.3, -0.25) is 9.48 Å². The molecule has 0 radical (unpaired) electrons. The van der Waals surface area contributed by atoms with Crippen molar-refractivity contribution in [1.29, 1.82) is 0 Å². The molecular weight excluding hydrogens is 275 g/mol. The lowest BCUT2D eigenvalue weighted by atomic mass is 10.1. The molecule has 1 amide bonds. The van der Waals surface area contributed by atoms with Gasteiger partial charge >= 0.3 is 6.18 Å². The van der Waals surface area contributed by atoms with Crippen LogP contribution >= 0.6 is 0 Å². The Bertz CT molecular complexity index is 493. The molecule has 8 heteroatoms. The van der Waals surface area contributed by atoms with Gasteiger partial charge in [-0.1, -0.05) is 0 Å². The van der Waals surface area contributed by atoms with Gasteiger partial charge in [0.1, 0.15) is 0 Å². The van der Waals surface area contributed by atoms with Crippen molar-refractivity contribution in [3.8, 4) is 0 Å². The van der Waals surface area contributed by atoms with Crippen molar-refractivity contribution in [1.82, 2.24) is 15.1 Å². The van der Waals surface area contributed by atoms with Crippen LogP contribution in [0.3, 0.4) is 0 Å². The first-order valence-corrected chi connectivity index (χ1v) is 6.32. The molecule has 1 aliphatic rings. The molecule has 1 saturated heterocycles. The minimum atomic E-state index is -4.65. The Balaban J connectivity index is 2.13. The Hall–Kier alpha value is -1.57. The molecule has 2 heterocycles. The van der Waals surface area contributed by atoms with Crippen molar-refractivity contribution < 1.29 is 22.7 Å². The monoisotopic (exact) mass is 291 g/mol. The van der Waals surface area contributed by atoms with Crippen LogP contribution in [0, 0.1) is 0 Å². The number of hydrogen-bond donors (Lipinski definition) is 1. The lowest BCUT2D eigenvalue weighted by Gasteiger charge is -2.20. The summed E-state index contributed by atoms with van der Waals surface area (Å²) in [5.74, 6) is -0.784. The van der Waals surface area contributed by atoms with Crippen LogP contribution < -0.4 is 5.32 Å². The van der Waals surface area contributed by atoms with Crippen LogP contribution in [0.1, 0.15) is 35.8 Å². The Labute approximate surface area is 114 Å². The zero-order valence-electron chi connectivity index (χ0n) is 11.2. The smallest absolute Gasteiger partial charge is 0.376 e. The van der Waals surface area contributed by atoms with Crippen LogP contribution in [0.4, 0.5) is 13.2 Å². The first-order chi connectivity index (χ1) is 9.29. The molecular formula is C12H16F3N3O2. The van der Waals surface area contributed by atoms with Gasteiger partial charge in [-0.25, -0.2) is 0 Å². The van der Waals surface area contributed by atoms with Crippen LogP contribution in [0.2, 0.25) is 0 Å². The minimum Gasteiger partial charge on any atom is -0.376 e. The van der Waals surface area contributed by atoms with Gasteiger partial charge in [0.15, 0.2) is 5.69 Å². The third kappa shape index (κ3) is 3.12. The maximum atomic E-state index is 12.8. The molecule has 5 nitrogen and oxygen atoms in total. The van der Waals surface area contributed by atoms with Crippen molar-refractivity contribution in [2.24, 2.45) is 7.05 Å². The summed E-state index contributed by atoms with van der Waals surface area (Å²) in [5, 5.41) is 5.85. The van der Waals surface area contributed by atoms with Gasteiger partial charge in [0.25, 0.3) is 5.91 Å². The molecule has 0 saturated carbocycles. The second kappa shape index (κ2) is 5.43. The number of ether oxygens (including phenoxy) is 1. The van der Waals surface area contributed by atoms with E-state index >= 15 is 0 Å². The predicted octanol–water partition coefficient (Wildman–Crippen LogP) is 1.74. The second-order valence-electron chi connectivity index (χ2n) is 4.88. The zero-order valence-corrected chi connectivity index (χ0v) is 11.2. The molecule has 0 spiro atoms. The summed E-state index contributed by atoms with van der Waals surface area (Å²) < 4.78 is 44.7. The molecule has 0 aromatic carbocycles. The number of aryl methyl sites for hydroxylation is 1. The highest BCUT2D eigenvalue weighted by Gasteiger charge is 2.39. The lowest BCUT2D eigenvalue weighted by Crippen LogP contribution is -2.41. The molecule has 1 N–H and O–H groups in total. The van der Waals surface area contributed by atoms with E-state index in [1.54, 1.807) is 6.92 Å². The summed E-state index contributed by atoms with van der Waals surface area (Å²) in [5.41, 5.74) is -1.64. The van der Waals surface area contributed by atoms with Gasteiger partial charge in [-0.05, 0) is 19.8 Å². The minimum absolute atomic E-state index is 0.148. The summed E-state index contributed by atoms with van der Waals surface area (Å²) in [6, 6.07) is -0.341. The largest absolute Gasteiger partial charge is 0.435 e. The molecule has 1 aliphatic heterocycles. The number of rotatable bonds is 3. The van der Waals surface area contributed by atoms with Crippen molar-refractivity contribution in [2.45, 2.75) is 38.1 Å². The Morgan fingerprint density at radius 1 is 1.60 bits per heavy atom. The highest BCUT2D eigenvalue weighted by molar-refractivity contribution is 5.95. The number of carbonyl (C=O) groups excluding carboxylic acids is 1. The fourth-order valence-corrected chi connectivity index (χ4v) is 2.24. The van der Waals surface area contributed by atoms with Crippen LogP contribution in [-0.2, 0) is 18.0 Å². The van der Waals surface area contributed by atoms with Crippen LogP contribution in [0.15, 0.2) is 6.20 Å². The Morgan fingerprint density at radius 3 is 2.85 bits per heavy atom. The summed E-state index contributed by atoms with van der Waals surface area (Å²) in [7, 11) is 1.34. The van der Waals surface area contributed by atoms with Gasteiger partial charge in [0.05, 0.1) is 17.7 Å². The van der Waals surface area contributed by atoms with Crippen LogP contribution in [0.5, 0.6) is 0 Å². The second-order valence-corrected chi connectivity index (χ2v) is 4.88. The number of halogens is 3. The first kappa shape index (κ1) is 14.8. The first-order valence-electron chi connectivity index (χ1n) is 6.32. The summed E-state index contributed by atoms with van der Waals surface area (Å²) in [6.45, 7) is 2.34. The molecule has 2 rings (SSSR count). The average Bonchev–Trinajstić information content (AvgIpc) is 2.95. The third-order valence-corrected chi connectivity index (χ3v) is 3.22. The highest BCUT2D eigenvalue weighted by atomic mass is 19.4. The van der Waals surface area contributed by atoms with Gasteiger partial charge in [0.2, 0.25) is 0 Å². The molecule has 20 heavy (non-hydrogen) atoms. The van der Waals surface area contributed by atoms with Crippen molar-refractivity contribution >= 4 is 5.91 Å². The molecule has 1 fully saturated rings. The summed E-state index contributed by atoms with van der Waals surface area (Å²) >= 11 is 0. The fourth-order valence-electron chi connectivity index (χ4n) is 2.24. The van der Waals surface area contributed by atoms with Gasteiger partial charge in [-0.2, -0.15) is 18.3 Å². The molecule has 112 valence electrons. The van der Waals surface area contributed by atoms with Crippen molar-refractivity contribution in [2.75, 3.05) is 6.61 Å². The summed E-state index contributed by atoms with van der Waals surface area (Å²) in [4.78, 5) is 12.0. The van der Waals surface area contributed by atoms with Gasteiger partial charge in [0, 0.05) is 19.9 Å². The maximum absolute atomic E-state index is 12.8. The number of nitrogens with zero attached hydrogens (tertiary/aromatic N) is 2. The van der Waals surface area contributed by atoms with Gasteiger partial charge in [-0.15, -0.1) is 0 Å². The predicted molar refractivity (Wildman–Crippen MR) is 64.1 cm³/mol. The third-order valence-electron chi connectivity index (χ3n) is 3.22. The zero-order chi connectivity index (χ0) is 14.9. The number of carbonyl (C=O) groups is 1. The number of alkyl halides is 3. The van der Waals surface area contributed by atoms with Gasteiger partial charge < -0.3 is 10.1 Å². The van der Waals surface area contributed by atoms with E-state index in [4.69, 9.17) is 4.74 Å². The van der Waals surface area contributed by atoms with E-state index < -0.39 is 23.3 Å². The Morgan fingerprint density at radius 2 is 2.30 bits per heavy atom. The number of hydrogen-bond acceptors (Lipinski definition) is 3. The molecule has 1 aromatic rings. The number of amides is 1. The van der Waals surface area contributed by atoms with E-state index in [0.717, 1.165) is 23.7 Å². The molecule has 0 bridgehead atoms. The van der Waals surface area contributed by atoms with Crippen molar-refractivity contribution in [3.05, 3.63) is 17.5 Å². The van der Waals surface area contributed by atoms with Crippen LogP contribution in [0.25, 0.3) is 0 Å². The number of nitrogens with one attached hydrogen (secondary N) is 1. The highest BCUT2D eigenvalue weighted by Crippen LogP contribution is 2.30. The molecule has 1 aromatic heterocycles.